The standard InChI is InChI=1S/C56H49N2O2.Pt/c1-34-14-11-15-36(24-34)37-22-23-48(52(59)32-37)51-30-41(40-27-43(55(3,4)5)33-44(28-40)56(6,7)8)29-50(58-51)39-17-12-16-38(26-39)49-31-42(25-35(2)57-49)45-19-13-20-47-46-18-9-10-21-53(46)60-54(45)47;/h9-25,27-33,59H,1-8H3;/q-1;. The van der Waals surface area contributed by atoms with Crippen molar-refractivity contribution in [2.24, 2.45) is 0 Å². The molecule has 0 aliphatic heterocycles. The first kappa shape index (κ1) is 41.6. The number of aromatic hydroxyl groups is 1. The number of aryl methyl sites for hydroxylation is 2. The number of rotatable bonds is 6. The maximum Gasteiger partial charge on any atom is 0.143 e. The van der Waals surface area contributed by atoms with Gasteiger partial charge >= 0.3 is 0 Å². The number of phenolic OH excluding ortho intramolecular Hbond substituents is 1. The summed E-state index contributed by atoms with van der Waals surface area (Å²) < 4.78 is 6.44. The van der Waals surface area contributed by atoms with Crippen LogP contribution in [0.5, 0.6) is 5.75 Å². The molecule has 0 bridgehead atoms. The van der Waals surface area contributed by atoms with E-state index >= 15 is 0 Å². The normalized spacial score (nSPS) is 11.9. The molecule has 0 fully saturated rings. The predicted octanol–water partition coefficient (Wildman–Crippen LogP) is 15.1. The van der Waals surface area contributed by atoms with Crippen molar-refractivity contribution in [2.75, 3.05) is 0 Å². The Kier molecular flexibility index (Phi) is 11.0. The number of nitrogens with zero attached hydrogens (tertiary/aromatic N) is 2. The van der Waals surface area contributed by atoms with Gasteiger partial charge in [-0.25, -0.2) is 0 Å². The van der Waals surface area contributed by atoms with Crippen LogP contribution in [0.2, 0.25) is 0 Å². The Bertz CT molecular complexity index is 3080. The summed E-state index contributed by atoms with van der Waals surface area (Å²) in [6, 6.07) is 54.0. The minimum Gasteiger partial charge on any atom is -0.507 e. The van der Waals surface area contributed by atoms with Crippen LogP contribution in [0.25, 0.3) is 89.1 Å². The van der Waals surface area contributed by atoms with Crippen LogP contribution in [-0.2, 0) is 31.9 Å². The molecule has 0 saturated carbocycles. The van der Waals surface area contributed by atoms with Crippen LogP contribution >= 0.6 is 0 Å². The number of para-hydroxylation sites is 2. The van der Waals surface area contributed by atoms with Crippen molar-refractivity contribution in [2.45, 2.75) is 66.2 Å². The van der Waals surface area contributed by atoms with Gasteiger partial charge in [-0.2, -0.15) is 0 Å². The molecular weight excluding hydrogens is 928 g/mol. The van der Waals surface area contributed by atoms with Gasteiger partial charge in [0.25, 0.3) is 0 Å². The van der Waals surface area contributed by atoms with Crippen LogP contribution in [-0.4, -0.2) is 15.1 Å². The van der Waals surface area contributed by atoms with Crippen LogP contribution in [0, 0.1) is 19.9 Å². The number of pyridine rings is 2. The average molecular weight is 977 g/mol. The van der Waals surface area contributed by atoms with Crippen molar-refractivity contribution in [3.63, 3.8) is 0 Å². The van der Waals surface area contributed by atoms with Gasteiger partial charge in [-0.05, 0) is 94.0 Å². The van der Waals surface area contributed by atoms with Crippen LogP contribution < -0.4 is 0 Å². The molecule has 0 unspecified atom stereocenters. The van der Waals surface area contributed by atoms with Crippen LogP contribution in [0.1, 0.15) is 63.9 Å². The largest absolute Gasteiger partial charge is 0.507 e. The van der Waals surface area contributed by atoms with E-state index in [1.54, 1.807) is 0 Å². The van der Waals surface area contributed by atoms with Gasteiger partial charge in [0.15, 0.2) is 0 Å². The zero-order chi connectivity index (χ0) is 41.9. The van der Waals surface area contributed by atoms with Gasteiger partial charge in [0.05, 0.1) is 5.69 Å². The molecular formula is C56H49N2O2Pt-. The summed E-state index contributed by atoms with van der Waals surface area (Å²) in [7, 11) is 0. The minimum absolute atomic E-state index is 0. The Morgan fingerprint density at radius 3 is 1.80 bits per heavy atom. The fourth-order valence-electron chi connectivity index (χ4n) is 8.09. The number of fused-ring (bicyclic) bond motifs is 3. The number of phenols is 1. The van der Waals surface area contributed by atoms with E-state index in [4.69, 9.17) is 14.4 Å². The third-order valence-electron chi connectivity index (χ3n) is 11.5. The molecule has 1 N–H and O–H groups in total. The molecule has 306 valence electrons. The van der Waals surface area contributed by atoms with Crippen molar-refractivity contribution >= 4 is 21.9 Å². The Morgan fingerprint density at radius 2 is 1.10 bits per heavy atom. The molecule has 3 aromatic heterocycles. The van der Waals surface area contributed by atoms with E-state index in [-0.39, 0.29) is 37.6 Å². The molecule has 61 heavy (non-hydrogen) atoms. The second-order valence-corrected chi connectivity index (χ2v) is 18.2. The van der Waals surface area contributed by atoms with Gasteiger partial charge in [-0.1, -0.05) is 155 Å². The Balaban J connectivity index is 0.00000514. The van der Waals surface area contributed by atoms with E-state index in [2.05, 4.69) is 158 Å². The molecule has 0 radical (unpaired) electrons. The number of benzene rings is 6. The van der Waals surface area contributed by atoms with Crippen molar-refractivity contribution in [1.29, 1.82) is 0 Å². The fourth-order valence-corrected chi connectivity index (χ4v) is 8.09. The Labute approximate surface area is 373 Å². The average Bonchev–Trinajstić information content (AvgIpc) is 3.61. The topological polar surface area (TPSA) is 59.2 Å². The summed E-state index contributed by atoms with van der Waals surface area (Å²) in [4.78, 5) is 10.3. The first-order chi connectivity index (χ1) is 28.7. The number of aromatic nitrogens is 2. The molecule has 5 heteroatoms. The maximum absolute atomic E-state index is 11.7. The molecule has 4 nitrogen and oxygen atoms in total. The molecule has 9 aromatic rings. The maximum atomic E-state index is 11.7. The molecule has 0 saturated heterocycles. The SMILES string of the molecule is Cc1cccc(-c2ccc(-c3cc(-c4cc(C(C)(C)C)cc(C(C)(C)C)c4)cc(-c4[c-]c(-c5cc(-c6cccc7c6oc6ccccc67)cc(C)n5)ccc4)n3)c(O)c2)c1.[Pt]. The predicted molar refractivity (Wildman–Crippen MR) is 249 cm³/mol. The third kappa shape index (κ3) is 8.35. The molecule has 0 atom stereocenters. The monoisotopic (exact) mass is 976 g/mol. The first-order valence-electron chi connectivity index (χ1n) is 20.7. The summed E-state index contributed by atoms with van der Waals surface area (Å²) in [5, 5.41) is 13.9. The number of hydrogen-bond acceptors (Lipinski definition) is 4. The first-order valence-corrected chi connectivity index (χ1v) is 20.7. The third-order valence-corrected chi connectivity index (χ3v) is 11.5. The Hall–Kier alpha value is -6.09. The smallest absolute Gasteiger partial charge is 0.143 e. The van der Waals surface area contributed by atoms with Gasteiger partial charge < -0.3 is 9.52 Å². The van der Waals surface area contributed by atoms with E-state index in [0.717, 1.165) is 83.5 Å². The molecule has 0 aliphatic carbocycles. The van der Waals surface area contributed by atoms with Crippen molar-refractivity contribution in [3.05, 3.63) is 174 Å². The van der Waals surface area contributed by atoms with Crippen molar-refractivity contribution in [3.8, 4) is 72.9 Å². The number of hydrogen-bond donors (Lipinski definition) is 1. The summed E-state index contributed by atoms with van der Waals surface area (Å²) in [5.74, 6) is 0.178. The van der Waals surface area contributed by atoms with Gasteiger partial charge in [0, 0.05) is 60.0 Å². The zero-order valence-electron chi connectivity index (χ0n) is 35.9. The quantitative estimate of drug-likeness (QED) is 0.169. The van der Waals surface area contributed by atoms with E-state index < -0.39 is 0 Å². The van der Waals surface area contributed by atoms with Crippen molar-refractivity contribution < 1.29 is 30.6 Å². The number of furan rings is 1. The summed E-state index contributed by atoms with van der Waals surface area (Å²) in [6.07, 6.45) is 0. The van der Waals surface area contributed by atoms with E-state index in [1.807, 2.05) is 49.4 Å². The van der Waals surface area contributed by atoms with Gasteiger partial charge in [0.1, 0.15) is 16.9 Å². The molecule has 6 aromatic carbocycles. The molecule has 9 rings (SSSR count). The van der Waals surface area contributed by atoms with Crippen molar-refractivity contribution in [1.82, 2.24) is 9.97 Å². The summed E-state index contributed by atoms with van der Waals surface area (Å²) in [5.41, 5.74) is 17.0. The summed E-state index contributed by atoms with van der Waals surface area (Å²) >= 11 is 0. The van der Waals surface area contributed by atoms with Crippen LogP contribution in [0.15, 0.2) is 150 Å². The Morgan fingerprint density at radius 1 is 0.492 bits per heavy atom. The van der Waals surface area contributed by atoms with E-state index in [1.165, 1.54) is 16.7 Å². The van der Waals surface area contributed by atoms with Crippen LogP contribution in [0.3, 0.4) is 0 Å². The van der Waals surface area contributed by atoms with Gasteiger partial charge in [-0.15, -0.1) is 24.3 Å². The molecule has 3 heterocycles. The van der Waals surface area contributed by atoms with Gasteiger partial charge in [0.2, 0.25) is 0 Å². The summed E-state index contributed by atoms with van der Waals surface area (Å²) in [6.45, 7) is 17.7. The minimum atomic E-state index is -0.0592. The van der Waals surface area contributed by atoms with Gasteiger partial charge in [-0.3, -0.25) is 9.97 Å². The van der Waals surface area contributed by atoms with Crippen LogP contribution in [0.4, 0.5) is 0 Å². The molecule has 0 aliphatic rings. The second-order valence-electron chi connectivity index (χ2n) is 18.2. The second kappa shape index (κ2) is 16.1. The molecule has 0 spiro atoms. The van der Waals surface area contributed by atoms with E-state index in [0.29, 0.717) is 11.3 Å². The van der Waals surface area contributed by atoms with E-state index in [9.17, 15) is 5.11 Å². The molecule has 0 amide bonds. The fraction of sp³-hybridized carbons (Fsp3) is 0.179. The zero-order valence-corrected chi connectivity index (χ0v) is 38.2.